The van der Waals surface area contributed by atoms with Gasteiger partial charge in [-0.25, -0.2) is 0 Å². The summed E-state index contributed by atoms with van der Waals surface area (Å²) in [5.74, 6) is 0.946. The number of hydrogen-bond donors (Lipinski definition) is 0. The molecular formula is C73H50N4O. The lowest BCUT2D eigenvalue weighted by Crippen LogP contribution is -2.41. The molecule has 11 aromatic carbocycles. The van der Waals surface area contributed by atoms with Gasteiger partial charge in [0.15, 0.2) is 6.10 Å². The molecule has 5 heteroatoms. The van der Waals surface area contributed by atoms with Crippen molar-refractivity contribution in [3.63, 3.8) is 0 Å². The highest BCUT2D eigenvalue weighted by Crippen LogP contribution is 2.54. The van der Waals surface area contributed by atoms with Gasteiger partial charge in [-0.2, -0.15) is 0 Å². The van der Waals surface area contributed by atoms with Gasteiger partial charge in [0.2, 0.25) is 0 Å². The van der Waals surface area contributed by atoms with Crippen molar-refractivity contribution in [2.24, 2.45) is 0 Å². The van der Waals surface area contributed by atoms with Gasteiger partial charge in [-0.1, -0.05) is 164 Å². The van der Waals surface area contributed by atoms with Crippen LogP contribution in [-0.4, -0.2) is 19.8 Å². The quantitative estimate of drug-likeness (QED) is 0.152. The van der Waals surface area contributed by atoms with Crippen LogP contribution in [0.3, 0.4) is 0 Å². The van der Waals surface area contributed by atoms with Crippen molar-refractivity contribution in [2.75, 3.05) is 4.90 Å². The van der Waals surface area contributed by atoms with E-state index in [0.717, 1.165) is 67.4 Å². The first-order valence-electron chi connectivity index (χ1n) is 26.9. The number of anilines is 2. The molecule has 3 aromatic heterocycles. The molecule has 16 rings (SSSR count). The van der Waals surface area contributed by atoms with Crippen molar-refractivity contribution in [3.05, 3.63) is 290 Å². The monoisotopic (exact) mass is 998 g/mol. The van der Waals surface area contributed by atoms with E-state index in [1.54, 1.807) is 0 Å². The second-order valence-electron chi connectivity index (χ2n) is 21.0. The Morgan fingerprint density at radius 3 is 1.27 bits per heavy atom. The number of benzene rings is 11. The molecule has 368 valence electrons. The van der Waals surface area contributed by atoms with Crippen LogP contribution in [0.1, 0.15) is 12.5 Å². The van der Waals surface area contributed by atoms with Gasteiger partial charge in [0.25, 0.3) is 0 Å². The summed E-state index contributed by atoms with van der Waals surface area (Å²) in [5.41, 5.74) is 19.1. The van der Waals surface area contributed by atoms with Gasteiger partial charge in [0.05, 0.1) is 49.6 Å². The van der Waals surface area contributed by atoms with Crippen LogP contribution in [0.2, 0.25) is 0 Å². The molecule has 0 fully saturated rings. The fraction of sp³-hybridized carbons (Fsp3) is 0.0411. The van der Waals surface area contributed by atoms with Crippen LogP contribution >= 0.6 is 0 Å². The highest BCUT2D eigenvalue weighted by atomic mass is 16.5. The number of para-hydroxylation sites is 6. The van der Waals surface area contributed by atoms with Crippen molar-refractivity contribution in [1.82, 2.24) is 13.7 Å². The van der Waals surface area contributed by atoms with Crippen molar-refractivity contribution in [3.8, 4) is 45.1 Å². The molecular weight excluding hydrogens is 949 g/mol. The molecule has 0 saturated heterocycles. The average Bonchev–Trinajstić information content (AvgIpc) is 4.42. The molecule has 0 bridgehead atoms. The lowest BCUT2D eigenvalue weighted by Gasteiger charge is -2.38. The van der Waals surface area contributed by atoms with Crippen LogP contribution in [0.4, 0.5) is 11.4 Å². The maximum atomic E-state index is 7.55. The van der Waals surface area contributed by atoms with E-state index in [1.807, 2.05) is 0 Å². The zero-order valence-electron chi connectivity index (χ0n) is 42.8. The molecule has 14 aromatic rings. The lowest BCUT2D eigenvalue weighted by atomic mass is 9.74. The molecule has 0 N–H and O–H groups in total. The van der Waals surface area contributed by atoms with Gasteiger partial charge in [-0.3, -0.25) is 0 Å². The highest BCUT2D eigenvalue weighted by Gasteiger charge is 2.49. The Kier molecular flexibility index (Phi) is 9.76. The summed E-state index contributed by atoms with van der Waals surface area (Å²) in [7, 11) is 0. The lowest BCUT2D eigenvalue weighted by molar-refractivity contribution is 0.215. The summed E-state index contributed by atoms with van der Waals surface area (Å²) in [6.45, 7) is 2.34. The topological polar surface area (TPSA) is 27.3 Å². The van der Waals surface area contributed by atoms with E-state index in [9.17, 15) is 0 Å². The Bertz CT molecular complexity index is 4550. The third-order valence-corrected chi connectivity index (χ3v) is 16.7. The van der Waals surface area contributed by atoms with Crippen molar-refractivity contribution >= 4 is 76.8 Å². The summed E-state index contributed by atoms with van der Waals surface area (Å²) < 4.78 is 14.7. The number of nitrogens with zero attached hydrogens (tertiary/aromatic N) is 4. The molecule has 4 heterocycles. The number of hydrogen-bond acceptors (Lipinski definition) is 2. The Morgan fingerprint density at radius 2 is 0.769 bits per heavy atom. The first-order chi connectivity index (χ1) is 38.6. The van der Waals surface area contributed by atoms with E-state index in [2.05, 4.69) is 305 Å². The predicted molar refractivity (Wildman–Crippen MR) is 324 cm³/mol. The molecule has 2 atom stereocenters. The Hall–Kier alpha value is -10.1. The average molecular weight is 999 g/mol. The van der Waals surface area contributed by atoms with Crippen molar-refractivity contribution in [1.29, 1.82) is 0 Å². The zero-order valence-corrected chi connectivity index (χ0v) is 42.8. The van der Waals surface area contributed by atoms with Crippen LogP contribution in [0.25, 0.3) is 105 Å². The molecule has 0 radical (unpaired) electrons. The van der Waals surface area contributed by atoms with Crippen LogP contribution in [-0.2, 0) is 5.41 Å². The van der Waals surface area contributed by atoms with Gasteiger partial charge in [0.1, 0.15) is 5.75 Å². The first kappa shape index (κ1) is 44.2. The van der Waals surface area contributed by atoms with E-state index in [4.69, 9.17) is 4.74 Å². The molecule has 2 unspecified atom stereocenters. The fourth-order valence-electron chi connectivity index (χ4n) is 13.1. The summed E-state index contributed by atoms with van der Waals surface area (Å²) in [6.07, 6.45) is 6.52. The van der Waals surface area contributed by atoms with Crippen LogP contribution in [0.15, 0.2) is 285 Å². The first-order valence-corrected chi connectivity index (χ1v) is 26.9. The largest absolute Gasteiger partial charge is 0.482 e. The van der Waals surface area contributed by atoms with E-state index >= 15 is 0 Å². The minimum absolute atomic E-state index is 0.324. The Balaban J connectivity index is 0.819. The smallest absolute Gasteiger partial charge is 0.152 e. The minimum atomic E-state index is -0.454. The minimum Gasteiger partial charge on any atom is -0.482 e. The highest BCUT2D eigenvalue weighted by molar-refractivity contribution is 6.14. The third kappa shape index (κ3) is 6.61. The summed E-state index contributed by atoms with van der Waals surface area (Å²) in [5, 5.41) is 7.26. The van der Waals surface area contributed by atoms with Crippen LogP contribution in [0.5, 0.6) is 5.75 Å². The Labute approximate surface area is 451 Å². The number of allylic oxidation sites excluding steroid dienone is 2. The van der Waals surface area contributed by atoms with Crippen LogP contribution < -0.4 is 9.64 Å². The molecule has 2 aliphatic rings. The molecule has 0 amide bonds. The summed E-state index contributed by atoms with van der Waals surface area (Å²) in [6, 6.07) is 94.9. The van der Waals surface area contributed by atoms with E-state index < -0.39 is 5.41 Å². The number of ether oxygens (including phenoxy) is 1. The van der Waals surface area contributed by atoms with E-state index in [0.29, 0.717) is 0 Å². The van der Waals surface area contributed by atoms with Crippen molar-refractivity contribution < 1.29 is 4.74 Å². The third-order valence-electron chi connectivity index (χ3n) is 16.7. The standard InChI is InChI=1S/C73H50N4O/c1-73-45-17-30-69(72(73)78-71-62(73)41-44-68-70(71)59-26-13-16-29-65(59)77(68)54-22-9-4-10-23-54)74(55-37-31-48(32-38-55)50-35-42-66-60(46-50)57-24-11-14-27-63(57)75(66)52-18-5-2-6-19-52)56-39-33-49(34-40-56)51-36-43-67-61(47-51)58-25-12-15-28-64(58)76(67)53-20-7-3-8-21-53/h2-47,72H,1H3. The summed E-state index contributed by atoms with van der Waals surface area (Å²) >= 11 is 0. The second-order valence-corrected chi connectivity index (χ2v) is 21.0. The fourth-order valence-corrected chi connectivity index (χ4v) is 13.1. The normalized spacial score (nSPS) is 15.8. The van der Waals surface area contributed by atoms with E-state index in [-0.39, 0.29) is 6.10 Å². The second kappa shape index (κ2) is 17.2. The molecule has 5 nitrogen and oxygen atoms in total. The van der Waals surface area contributed by atoms with Crippen LogP contribution in [0, 0.1) is 0 Å². The van der Waals surface area contributed by atoms with Crippen molar-refractivity contribution in [2.45, 2.75) is 18.4 Å². The van der Waals surface area contributed by atoms with Gasteiger partial charge in [0, 0.05) is 60.9 Å². The predicted octanol–water partition coefficient (Wildman–Crippen LogP) is 18.6. The maximum Gasteiger partial charge on any atom is 0.152 e. The van der Waals surface area contributed by atoms with Gasteiger partial charge in [-0.15, -0.1) is 0 Å². The van der Waals surface area contributed by atoms with Gasteiger partial charge in [-0.05, 0) is 144 Å². The molecule has 1 aliphatic carbocycles. The molecule has 78 heavy (non-hydrogen) atoms. The van der Waals surface area contributed by atoms with Gasteiger partial charge < -0.3 is 23.3 Å². The molecule has 1 aliphatic heterocycles. The zero-order chi connectivity index (χ0) is 51.5. The number of fused-ring (bicyclic) bond motifs is 13. The SMILES string of the molecule is CC12C=CC=C(N(c3ccc(-c4ccc5c(c4)c4ccccc4n5-c4ccccc4)cc3)c3ccc(-c4ccc5c(c4)c4ccccc4n5-c4ccccc4)cc3)C1Oc1c2ccc2c1c1ccccc1n2-c1ccccc1. The summed E-state index contributed by atoms with van der Waals surface area (Å²) in [4.78, 5) is 2.42. The van der Waals surface area contributed by atoms with Gasteiger partial charge >= 0.3 is 0 Å². The maximum absolute atomic E-state index is 7.55. The van der Waals surface area contributed by atoms with E-state index in [1.165, 1.54) is 65.7 Å². The molecule has 0 saturated carbocycles. The Morgan fingerprint density at radius 1 is 0.372 bits per heavy atom. The number of aromatic nitrogens is 3. The molecule has 0 spiro atoms. The number of rotatable bonds is 8.